The van der Waals surface area contributed by atoms with Gasteiger partial charge in [0.2, 0.25) is 0 Å². The molecule has 168 valence electrons. The fourth-order valence-corrected chi connectivity index (χ4v) is 3.66. The molecule has 8 nitrogen and oxygen atoms in total. The lowest BCUT2D eigenvalue weighted by atomic mass is 10.1. The Balaban J connectivity index is 1.29. The van der Waals surface area contributed by atoms with Crippen LogP contribution in [0.1, 0.15) is 25.1 Å². The fourth-order valence-electron chi connectivity index (χ4n) is 3.66. The van der Waals surface area contributed by atoms with Crippen LogP contribution in [0.3, 0.4) is 0 Å². The van der Waals surface area contributed by atoms with Crippen LogP contribution in [0.15, 0.2) is 73.7 Å². The predicted molar refractivity (Wildman–Crippen MR) is 124 cm³/mol. The number of hydrogen-bond donors (Lipinski definition) is 1. The van der Waals surface area contributed by atoms with Gasteiger partial charge < -0.3 is 14.3 Å². The maximum absolute atomic E-state index is 13.7. The summed E-state index contributed by atoms with van der Waals surface area (Å²) < 4.78 is 19.4. The summed E-state index contributed by atoms with van der Waals surface area (Å²) in [5.41, 5.74) is 4.18. The molecular formula is C24H25FN8. The molecule has 0 unspecified atom stereocenters. The lowest BCUT2D eigenvalue weighted by Gasteiger charge is -2.14. The Kier molecular flexibility index (Phi) is 5.47. The predicted octanol–water partition coefficient (Wildman–Crippen LogP) is 3.66. The summed E-state index contributed by atoms with van der Waals surface area (Å²) >= 11 is 0. The summed E-state index contributed by atoms with van der Waals surface area (Å²) in [5.74, 6) is 0. The molecule has 0 amide bonds. The highest BCUT2D eigenvalue weighted by Gasteiger charge is 2.14. The Bertz CT molecular complexity index is 1360. The molecule has 0 spiro atoms. The van der Waals surface area contributed by atoms with Gasteiger partial charge in [-0.05, 0) is 43.7 Å². The van der Waals surface area contributed by atoms with Crippen molar-refractivity contribution in [2.75, 3.05) is 6.54 Å². The van der Waals surface area contributed by atoms with Gasteiger partial charge in [0.25, 0.3) is 0 Å². The molecule has 0 atom stereocenters. The minimum absolute atomic E-state index is 0.304. The molecule has 0 aromatic carbocycles. The minimum atomic E-state index is -1.23. The van der Waals surface area contributed by atoms with Gasteiger partial charge in [-0.15, -0.1) is 5.10 Å². The summed E-state index contributed by atoms with van der Waals surface area (Å²) in [6.07, 6.45) is 13.4. The van der Waals surface area contributed by atoms with Gasteiger partial charge >= 0.3 is 0 Å². The molecule has 0 fully saturated rings. The normalized spacial score (nSPS) is 12.0. The molecule has 0 aliphatic heterocycles. The third-order valence-corrected chi connectivity index (χ3v) is 5.22. The van der Waals surface area contributed by atoms with Gasteiger partial charge in [-0.3, -0.25) is 4.98 Å². The van der Waals surface area contributed by atoms with E-state index in [1.165, 1.54) is 0 Å². The van der Waals surface area contributed by atoms with Gasteiger partial charge in [0.1, 0.15) is 17.0 Å². The molecule has 1 N–H and O–H groups in total. The largest absolute Gasteiger partial charge is 0.322 e. The van der Waals surface area contributed by atoms with Crippen molar-refractivity contribution < 1.29 is 4.39 Å². The molecule has 5 rings (SSSR count). The number of fused-ring (bicyclic) bond motifs is 1. The average Bonchev–Trinajstić information content (AvgIpc) is 3.54. The van der Waals surface area contributed by atoms with E-state index in [9.17, 15) is 4.39 Å². The van der Waals surface area contributed by atoms with Crippen LogP contribution in [-0.2, 0) is 13.1 Å². The minimum Gasteiger partial charge on any atom is -0.322 e. The molecule has 5 heterocycles. The van der Waals surface area contributed by atoms with E-state index in [-0.39, 0.29) is 0 Å². The maximum atomic E-state index is 13.7. The zero-order valence-electron chi connectivity index (χ0n) is 18.6. The van der Waals surface area contributed by atoms with Crippen LogP contribution in [0.5, 0.6) is 0 Å². The number of alkyl halides is 1. The Morgan fingerprint density at radius 3 is 2.73 bits per heavy atom. The van der Waals surface area contributed by atoms with E-state index in [0.29, 0.717) is 19.6 Å². The van der Waals surface area contributed by atoms with E-state index >= 15 is 0 Å². The van der Waals surface area contributed by atoms with Crippen LogP contribution in [0.4, 0.5) is 4.39 Å². The zero-order chi connectivity index (χ0) is 22.8. The average molecular weight is 445 g/mol. The Morgan fingerprint density at radius 2 is 1.91 bits per heavy atom. The Morgan fingerprint density at radius 1 is 1.06 bits per heavy atom. The smallest absolute Gasteiger partial charge is 0.137 e. The summed E-state index contributed by atoms with van der Waals surface area (Å²) in [6, 6.07) is 9.95. The van der Waals surface area contributed by atoms with Crippen molar-refractivity contribution in [2.24, 2.45) is 0 Å². The second kappa shape index (κ2) is 8.59. The van der Waals surface area contributed by atoms with Crippen molar-refractivity contribution in [3.63, 3.8) is 0 Å². The van der Waals surface area contributed by atoms with Gasteiger partial charge in [-0.2, -0.15) is 0 Å². The summed E-state index contributed by atoms with van der Waals surface area (Å²) in [6.45, 7) is 4.54. The van der Waals surface area contributed by atoms with Crippen LogP contribution in [-0.4, -0.2) is 46.1 Å². The van der Waals surface area contributed by atoms with Gasteiger partial charge in [0.05, 0.1) is 30.3 Å². The van der Waals surface area contributed by atoms with E-state index in [4.69, 9.17) is 0 Å². The number of aromatic nitrogens is 7. The van der Waals surface area contributed by atoms with Gasteiger partial charge in [-0.1, -0.05) is 11.3 Å². The molecule has 0 saturated heterocycles. The maximum Gasteiger partial charge on any atom is 0.137 e. The lowest BCUT2D eigenvalue weighted by molar-refractivity contribution is 0.210. The van der Waals surface area contributed by atoms with Crippen molar-refractivity contribution in [2.45, 2.75) is 32.6 Å². The number of nitrogens with zero attached hydrogens (tertiary/aromatic N) is 7. The van der Waals surface area contributed by atoms with Crippen LogP contribution in [0.25, 0.3) is 22.6 Å². The molecule has 5 aromatic rings. The monoisotopic (exact) mass is 444 g/mol. The fraction of sp³-hybridized carbons (Fsp3) is 0.250. The summed E-state index contributed by atoms with van der Waals surface area (Å²) in [5, 5.41) is 11.7. The Hall–Kier alpha value is -3.85. The summed E-state index contributed by atoms with van der Waals surface area (Å²) in [7, 11) is 0. The topological polar surface area (TPSA) is 77.9 Å². The number of hydrogen-bond acceptors (Lipinski definition) is 5. The molecular weight excluding hydrogens is 419 g/mol. The third kappa shape index (κ3) is 4.98. The molecule has 9 heteroatoms. The first-order valence-corrected chi connectivity index (χ1v) is 10.8. The van der Waals surface area contributed by atoms with Crippen molar-refractivity contribution >= 4 is 5.65 Å². The second-order valence-corrected chi connectivity index (χ2v) is 8.68. The van der Waals surface area contributed by atoms with Crippen LogP contribution in [0.2, 0.25) is 0 Å². The second-order valence-electron chi connectivity index (χ2n) is 8.68. The number of imidazole rings is 1. The first-order valence-electron chi connectivity index (χ1n) is 10.8. The quantitative estimate of drug-likeness (QED) is 0.395. The number of nitrogens with one attached hydrogen (secondary N) is 1. The molecule has 0 saturated carbocycles. The Labute approximate surface area is 190 Å². The van der Waals surface area contributed by atoms with E-state index in [0.717, 1.165) is 33.8 Å². The number of halogens is 1. The molecule has 0 aliphatic carbocycles. The van der Waals surface area contributed by atoms with Crippen LogP contribution < -0.4 is 5.32 Å². The van der Waals surface area contributed by atoms with E-state index in [1.807, 2.05) is 76.5 Å². The van der Waals surface area contributed by atoms with Crippen molar-refractivity contribution in [3.8, 4) is 16.9 Å². The molecule has 5 aromatic heterocycles. The number of rotatable bonds is 8. The van der Waals surface area contributed by atoms with Crippen molar-refractivity contribution in [1.29, 1.82) is 0 Å². The standard InChI is InChI=1S/C24H25FN8/c1-24(2,25)17-27-10-18-5-6-23-28-20(14-32(23)13-18)15-33-16-22(29-30-33)19-9-21(12-26-11-19)31-7-3-4-8-31/h3-9,11-14,16,27H,10,15,17H2,1-2H3. The zero-order valence-corrected chi connectivity index (χ0v) is 18.6. The highest BCUT2D eigenvalue weighted by atomic mass is 19.1. The molecule has 0 aliphatic rings. The number of pyridine rings is 2. The van der Waals surface area contributed by atoms with Gasteiger partial charge in [0.15, 0.2) is 0 Å². The first-order chi connectivity index (χ1) is 15.9. The van der Waals surface area contributed by atoms with E-state index in [1.54, 1.807) is 24.7 Å². The van der Waals surface area contributed by atoms with Crippen LogP contribution >= 0.6 is 0 Å². The first kappa shape index (κ1) is 21.0. The third-order valence-electron chi connectivity index (χ3n) is 5.22. The van der Waals surface area contributed by atoms with Crippen molar-refractivity contribution in [1.82, 2.24) is 39.2 Å². The SMILES string of the molecule is CC(C)(F)CNCc1ccc2nc(Cn3cc(-c4cncc(-n5cccc5)c4)nn3)cn2c1. The lowest BCUT2D eigenvalue weighted by Crippen LogP contribution is -2.30. The van der Waals surface area contributed by atoms with Gasteiger partial charge in [-0.25, -0.2) is 14.1 Å². The van der Waals surface area contributed by atoms with Crippen LogP contribution in [0, 0.1) is 0 Å². The highest BCUT2D eigenvalue weighted by Crippen LogP contribution is 2.19. The highest BCUT2D eigenvalue weighted by molar-refractivity contribution is 5.59. The molecule has 33 heavy (non-hydrogen) atoms. The van der Waals surface area contributed by atoms with E-state index in [2.05, 4.69) is 25.6 Å². The van der Waals surface area contributed by atoms with E-state index < -0.39 is 5.67 Å². The summed E-state index contributed by atoms with van der Waals surface area (Å²) in [4.78, 5) is 9.02. The molecule has 0 radical (unpaired) electrons. The van der Waals surface area contributed by atoms with Gasteiger partial charge in [0, 0.05) is 49.6 Å². The van der Waals surface area contributed by atoms with Crippen molar-refractivity contribution in [3.05, 3.63) is 85.0 Å². The molecule has 0 bridgehead atoms.